The Kier molecular flexibility index (Phi) is 9.89. The predicted molar refractivity (Wildman–Crippen MR) is 171 cm³/mol. The molecule has 0 saturated heterocycles. The molecule has 1 aliphatic rings. The quantitative estimate of drug-likeness (QED) is 0.0884. The lowest BCUT2D eigenvalue weighted by Gasteiger charge is -2.25. The number of nitro groups is 1. The van der Waals surface area contributed by atoms with Crippen molar-refractivity contribution in [2.24, 2.45) is 4.99 Å². The van der Waals surface area contributed by atoms with Crippen LogP contribution >= 0.6 is 11.3 Å². The molecular weight excluding hydrogens is 594 g/mol. The summed E-state index contributed by atoms with van der Waals surface area (Å²) in [6.07, 6.45) is 4.61. The maximum absolute atomic E-state index is 14.0. The number of carbonyl (C=O) groups excluding carboxylic acids is 1. The van der Waals surface area contributed by atoms with Crippen molar-refractivity contribution in [1.82, 2.24) is 4.57 Å². The predicted octanol–water partition coefficient (Wildman–Crippen LogP) is 5.46. The maximum Gasteiger partial charge on any atom is 0.338 e. The van der Waals surface area contributed by atoms with Gasteiger partial charge in [0.2, 0.25) is 0 Å². The molecule has 0 spiro atoms. The van der Waals surface area contributed by atoms with Crippen LogP contribution in [0.4, 0.5) is 5.69 Å². The smallest absolute Gasteiger partial charge is 0.338 e. The number of thiazole rings is 1. The molecule has 0 amide bonds. The number of non-ortho nitro benzene ring substituents is 1. The largest absolute Gasteiger partial charge is 0.493 e. The molecule has 10 nitrogen and oxygen atoms in total. The second kappa shape index (κ2) is 14.2. The second-order valence-corrected chi connectivity index (χ2v) is 11.5. The molecule has 232 valence electrons. The first-order chi connectivity index (χ1) is 21.8. The van der Waals surface area contributed by atoms with Gasteiger partial charge in [0.1, 0.15) is 6.61 Å². The fourth-order valence-corrected chi connectivity index (χ4v) is 6.13. The number of aromatic nitrogens is 1. The lowest BCUT2D eigenvalue weighted by molar-refractivity contribution is -0.384. The van der Waals surface area contributed by atoms with E-state index in [0.29, 0.717) is 44.3 Å². The molecule has 11 heteroatoms. The zero-order valence-electron chi connectivity index (χ0n) is 25.2. The van der Waals surface area contributed by atoms with E-state index in [1.807, 2.05) is 36.4 Å². The van der Waals surface area contributed by atoms with E-state index in [0.717, 1.165) is 36.2 Å². The van der Waals surface area contributed by atoms with Crippen molar-refractivity contribution < 1.29 is 23.9 Å². The molecule has 1 aromatic heterocycles. The molecule has 4 aromatic rings. The first-order valence-electron chi connectivity index (χ1n) is 14.6. The SMILES string of the molecule is CCCCCOc1ccc(C2C(C(=O)OCc3ccccc3)=C(C)N=c3s/c(=C\c4cccc([N+](=O)[O-])c4)c(=O)n32)cc1OC. The van der Waals surface area contributed by atoms with Crippen molar-refractivity contribution in [1.29, 1.82) is 0 Å². The van der Waals surface area contributed by atoms with E-state index in [2.05, 4.69) is 11.9 Å². The molecule has 0 bridgehead atoms. The molecule has 5 rings (SSSR count). The molecule has 0 radical (unpaired) electrons. The van der Waals surface area contributed by atoms with E-state index in [-0.39, 0.29) is 17.9 Å². The lowest BCUT2D eigenvalue weighted by Crippen LogP contribution is -2.39. The highest BCUT2D eigenvalue weighted by Crippen LogP contribution is 2.36. The van der Waals surface area contributed by atoms with Gasteiger partial charge in [-0.2, -0.15) is 0 Å². The van der Waals surface area contributed by atoms with Crippen molar-refractivity contribution >= 4 is 29.1 Å². The van der Waals surface area contributed by atoms with Crippen LogP contribution in [-0.4, -0.2) is 29.2 Å². The number of nitrogens with zero attached hydrogens (tertiary/aromatic N) is 3. The van der Waals surface area contributed by atoms with Gasteiger partial charge in [-0.25, -0.2) is 9.79 Å². The van der Waals surface area contributed by atoms with Gasteiger partial charge in [-0.3, -0.25) is 19.5 Å². The number of fused-ring (bicyclic) bond motifs is 1. The van der Waals surface area contributed by atoms with Gasteiger partial charge in [-0.05, 0) is 48.2 Å². The van der Waals surface area contributed by atoms with Crippen molar-refractivity contribution in [3.05, 3.63) is 131 Å². The first kappa shape index (κ1) is 31.4. The molecule has 45 heavy (non-hydrogen) atoms. The van der Waals surface area contributed by atoms with Crippen LogP contribution in [0.15, 0.2) is 93.9 Å². The monoisotopic (exact) mass is 627 g/mol. The molecule has 1 unspecified atom stereocenters. The normalized spacial score (nSPS) is 14.5. The molecule has 0 aliphatic carbocycles. The van der Waals surface area contributed by atoms with Gasteiger partial charge in [0.05, 0.1) is 40.5 Å². The highest BCUT2D eigenvalue weighted by Gasteiger charge is 2.34. The fraction of sp³-hybridized carbons (Fsp3) is 0.265. The summed E-state index contributed by atoms with van der Waals surface area (Å²) >= 11 is 1.14. The Bertz CT molecular complexity index is 1930. The average molecular weight is 628 g/mol. The Morgan fingerprint density at radius 2 is 1.87 bits per heavy atom. The number of benzene rings is 3. The number of esters is 1. The van der Waals surface area contributed by atoms with Crippen LogP contribution in [0.3, 0.4) is 0 Å². The third-order valence-electron chi connectivity index (χ3n) is 7.34. The zero-order valence-corrected chi connectivity index (χ0v) is 26.0. The number of hydrogen-bond donors (Lipinski definition) is 0. The summed E-state index contributed by atoms with van der Waals surface area (Å²) in [7, 11) is 1.54. The molecular formula is C34H33N3O7S. The van der Waals surface area contributed by atoms with Gasteiger partial charge in [0.25, 0.3) is 11.2 Å². The highest BCUT2D eigenvalue weighted by atomic mass is 32.1. The summed E-state index contributed by atoms with van der Waals surface area (Å²) < 4.78 is 19.2. The van der Waals surface area contributed by atoms with E-state index < -0.39 is 22.5 Å². The van der Waals surface area contributed by atoms with Crippen LogP contribution in [0.1, 0.15) is 55.8 Å². The molecule has 3 aromatic carbocycles. The number of carbonyl (C=O) groups is 1. The second-order valence-electron chi connectivity index (χ2n) is 10.5. The Hall–Kier alpha value is -5.03. The van der Waals surface area contributed by atoms with Crippen LogP contribution in [0.5, 0.6) is 11.5 Å². The van der Waals surface area contributed by atoms with Crippen LogP contribution in [0.2, 0.25) is 0 Å². The zero-order chi connectivity index (χ0) is 31.9. The van der Waals surface area contributed by atoms with Crippen molar-refractivity contribution in [2.45, 2.75) is 45.8 Å². The Morgan fingerprint density at radius 3 is 2.60 bits per heavy atom. The molecule has 0 fully saturated rings. The van der Waals surface area contributed by atoms with Crippen molar-refractivity contribution in [3.63, 3.8) is 0 Å². The van der Waals surface area contributed by atoms with Gasteiger partial charge in [-0.15, -0.1) is 0 Å². The van der Waals surface area contributed by atoms with E-state index in [1.54, 1.807) is 44.4 Å². The minimum atomic E-state index is -0.875. The van der Waals surface area contributed by atoms with Crippen LogP contribution in [-0.2, 0) is 16.1 Å². The van der Waals surface area contributed by atoms with E-state index in [9.17, 15) is 19.7 Å². The van der Waals surface area contributed by atoms with Gasteiger partial charge >= 0.3 is 5.97 Å². The summed E-state index contributed by atoms with van der Waals surface area (Å²) in [5, 5.41) is 11.3. The Labute approximate surface area is 263 Å². The van der Waals surface area contributed by atoms with Crippen LogP contribution in [0.25, 0.3) is 6.08 Å². The minimum Gasteiger partial charge on any atom is -0.493 e. The van der Waals surface area contributed by atoms with Gasteiger partial charge in [0, 0.05) is 12.1 Å². The number of hydrogen-bond acceptors (Lipinski definition) is 9. The summed E-state index contributed by atoms with van der Waals surface area (Å²) in [5.41, 5.74) is 2.08. The molecule has 1 atom stereocenters. The first-order valence-corrected chi connectivity index (χ1v) is 15.4. The number of ether oxygens (including phenoxy) is 3. The number of rotatable bonds is 12. The molecule has 0 saturated carbocycles. The standard InChI is InChI=1S/C34H33N3O7S/c1-4-5-9-17-43-27-16-15-25(20-28(27)42-3)31-30(33(39)44-21-23-11-7-6-8-12-23)22(2)35-34-36(31)32(38)29(45-34)19-24-13-10-14-26(18-24)37(40)41/h6-8,10-16,18-20,31H,4-5,9,17,21H2,1-3H3/b29-19-. The minimum absolute atomic E-state index is 0.0498. The number of unbranched alkanes of at least 4 members (excludes halogenated alkanes) is 2. The van der Waals surface area contributed by atoms with Crippen LogP contribution < -0.4 is 24.4 Å². The summed E-state index contributed by atoms with van der Waals surface area (Å²) in [6, 6.07) is 19.8. The van der Waals surface area contributed by atoms with E-state index in [4.69, 9.17) is 14.2 Å². The van der Waals surface area contributed by atoms with E-state index in [1.165, 1.54) is 16.7 Å². The molecule has 0 N–H and O–H groups in total. The third kappa shape index (κ3) is 7.04. The summed E-state index contributed by atoms with van der Waals surface area (Å²) in [6.45, 7) is 4.42. The van der Waals surface area contributed by atoms with Crippen molar-refractivity contribution in [3.8, 4) is 11.5 Å². The molecule has 2 heterocycles. The van der Waals surface area contributed by atoms with E-state index >= 15 is 0 Å². The Balaban J connectivity index is 1.60. The lowest BCUT2D eigenvalue weighted by atomic mass is 9.95. The third-order valence-corrected chi connectivity index (χ3v) is 8.32. The average Bonchev–Trinajstić information content (AvgIpc) is 3.35. The highest BCUT2D eigenvalue weighted by molar-refractivity contribution is 7.07. The Morgan fingerprint density at radius 1 is 1.07 bits per heavy atom. The number of allylic oxidation sites excluding steroid dienone is 1. The number of methoxy groups -OCH3 is 1. The topological polar surface area (TPSA) is 122 Å². The fourth-order valence-electron chi connectivity index (χ4n) is 5.09. The van der Waals surface area contributed by atoms with Crippen LogP contribution in [0, 0.1) is 10.1 Å². The molecule has 1 aliphatic heterocycles. The van der Waals surface area contributed by atoms with Gasteiger partial charge in [0.15, 0.2) is 16.3 Å². The number of nitro benzene ring substituents is 1. The van der Waals surface area contributed by atoms with Gasteiger partial charge in [-0.1, -0.05) is 79.6 Å². The summed E-state index contributed by atoms with van der Waals surface area (Å²) in [4.78, 5) is 43.6. The maximum atomic E-state index is 14.0. The van der Waals surface area contributed by atoms with Crippen molar-refractivity contribution in [2.75, 3.05) is 13.7 Å². The van der Waals surface area contributed by atoms with Gasteiger partial charge < -0.3 is 14.2 Å². The summed E-state index contributed by atoms with van der Waals surface area (Å²) in [5.74, 6) is 0.427.